The minimum Gasteiger partial charge on any atom is -0.492 e. The highest BCUT2D eigenvalue weighted by Gasteiger charge is 2.39. The van der Waals surface area contributed by atoms with Gasteiger partial charge in [-0.2, -0.15) is 18.3 Å². The van der Waals surface area contributed by atoms with E-state index in [0.717, 1.165) is 29.8 Å². The van der Waals surface area contributed by atoms with Crippen molar-refractivity contribution in [2.24, 2.45) is 13.0 Å². The standard InChI is InChI=1S/C31H30F5N5O2/c1-4-43-28-22(24-16-40(3)39-29(24)31(34,35)36)12-18(14-41-15-21(32)8-10-26(41)37)13-23(28)30(42)38-27(19-5-6-19)20-7-9-25(33)17(2)11-20/h7-13,15-16,19,27,37H,4-6,14H2,1-3H3,(H,38,42). The number of halogens is 5. The normalized spacial score (nSPS) is 14.0. The molecule has 1 fully saturated rings. The molecule has 2 N–H and O–H groups in total. The van der Waals surface area contributed by atoms with Crippen molar-refractivity contribution in [1.29, 1.82) is 5.41 Å². The molecule has 12 heteroatoms. The molecule has 226 valence electrons. The van der Waals surface area contributed by atoms with Crippen molar-refractivity contribution in [3.05, 3.63) is 99.9 Å². The molecule has 1 amide bonds. The average Bonchev–Trinajstić information content (AvgIpc) is 3.71. The molecule has 0 bridgehead atoms. The van der Waals surface area contributed by atoms with Gasteiger partial charge in [0.2, 0.25) is 0 Å². The van der Waals surface area contributed by atoms with Crippen molar-refractivity contribution >= 4 is 5.91 Å². The molecule has 1 saturated carbocycles. The topological polar surface area (TPSA) is 84.9 Å². The first-order valence-corrected chi connectivity index (χ1v) is 13.7. The summed E-state index contributed by atoms with van der Waals surface area (Å²) in [5, 5.41) is 14.8. The van der Waals surface area contributed by atoms with E-state index in [1.165, 1.54) is 42.1 Å². The van der Waals surface area contributed by atoms with Crippen molar-refractivity contribution < 1.29 is 31.5 Å². The Morgan fingerprint density at radius 3 is 2.51 bits per heavy atom. The number of carbonyl (C=O) groups excluding carboxylic acids is 1. The zero-order valence-corrected chi connectivity index (χ0v) is 23.7. The Bertz CT molecular complexity index is 1740. The zero-order valence-electron chi connectivity index (χ0n) is 23.7. The lowest BCUT2D eigenvalue weighted by Gasteiger charge is -2.22. The number of aromatic nitrogens is 3. The molecule has 0 spiro atoms. The Morgan fingerprint density at radius 1 is 1.12 bits per heavy atom. The van der Waals surface area contributed by atoms with E-state index in [9.17, 15) is 26.7 Å². The van der Waals surface area contributed by atoms with Crippen LogP contribution in [0.15, 0.2) is 54.9 Å². The Kier molecular flexibility index (Phi) is 8.13. The molecule has 2 aromatic heterocycles. The van der Waals surface area contributed by atoms with Crippen molar-refractivity contribution in [1.82, 2.24) is 19.7 Å². The van der Waals surface area contributed by atoms with E-state index >= 15 is 0 Å². The number of amides is 1. The third kappa shape index (κ3) is 6.47. The molecule has 4 aromatic rings. The van der Waals surface area contributed by atoms with Crippen LogP contribution in [0.2, 0.25) is 0 Å². The molecule has 1 aliphatic rings. The number of ether oxygens (including phenoxy) is 1. The lowest BCUT2D eigenvalue weighted by molar-refractivity contribution is -0.141. The summed E-state index contributed by atoms with van der Waals surface area (Å²) < 4.78 is 78.5. The van der Waals surface area contributed by atoms with Gasteiger partial charge in [0.25, 0.3) is 5.91 Å². The molecule has 0 aliphatic heterocycles. The summed E-state index contributed by atoms with van der Waals surface area (Å²) in [6.45, 7) is 3.22. The fraction of sp³-hybridized carbons (Fsp3) is 0.323. The predicted octanol–water partition coefficient (Wildman–Crippen LogP) is 6.30. The Hall–Kier alpha value is -4.48. The minimum absolute atomic E-state index is 0.0194. The first kappa shape index (κ1) is 30.0. The van der Waals surface area contributed by atoms with Gasteiger partial charge in [0.05, 0.1) is 18.2 Å². The summed E-state index contributed by atoms with van der Waals surface area (Å²) in [5.74, 6) is -1.54. The minimum atomic E-state index is -4.80. The van der Waals surface area contributed by atoms with Crippen molar-refractivity contribution in [3.8, 4) is 16.9 Å². The third-order valence-corrected chi connectivity index (χ3v) is 7.33. The van der Waals surface area contributed by atoms with Crippen molar-refractivity contribution in [2.45, 2.75) is 45.5 Å². The summed E-state index contributed by atoms with van der Waals surface area (Å²) >= 11 is 0. The molecular weight excluding hydrogens is 569 g/mol. The predicted molar refractivity (Wildman–Crippen MR) is 148 cm³/mol. The summed E-state index contributed by atoms with van der Waals surface area (Å²) in [6.07, 6.45) is -0.813. The van der Waals surface area contributed by atoms with Crippen LogP contribution in [0, 0.1) is 29.9 Å². The monoisotopic (exact) mass is 599 g/mol. The van der Waals surface area contributed by atoms with Crippen LogP contribution in [0.3, 0.4) is 0 Å². The van der Waals surface area contributed by atoms with Gasteiger partial charge >= 0.3 is 6.18 Å². The second-order valence-electron chi connectivity index (χ2n) is 10.7. The molecule has 0 saturated heterocycles. The number of alkyl halides is 3. The number of rotatable bonds is 9. The second-order valence-corrected chi connectivity index (χ2v) is 10.7. The third-order valence-electron chi connectivity index (χ3n) is 7.33. The van der Waals surface area contributed by atoms with Crippen LogP contribution in [-0.4, -0.2) is 26.9 Å². The lowest BCUT2D eigenvalue weighted by Crippen LogP contribution is -2.30. The van der Waals surface area contributed by atoms with Gasteiger partial charge in [-0.05, 0) is 79.6 Å². The number of hydrogen-bond donors (Lipinski definition) is 2. The van der Waals surface area contributed by atoms with Gasteiger partial charge in [0, 0.05) is 37.1 Å². The Morgan fingerprint density at radius 2 is 1.86 bits per heavy atom. The first-order chi connectivity index (χ1) is 20.3. The number of hydrogen-bond acceptors (Lipinski definition) is 4. The number of nitrogens with zero attached hydrogens (tertiary/aromatic N) is 3. The van der Waals surface area contributed by atoms with E-state index < -0.39 is 29.6 Å². The largest absolute Gasteiger partial charge is 0.492 e. The molecule has 1 atom stereocenters. The van der Waals surface area contributed by atoms with Crippen LogP contribution in [0.25, 0.3) is 11.1 Å². The highest BCUT2D eigenvalue weighted by atomic mass is 19.4. The second kappa shape index (κ2) is 11.7. The molecule has 2 aromatic carbocycles. The number of benzene rings is 2. The fourth-order valence-corrected chi connectivity index (χ4v) is 5.17. The zero-order chi connectivity index (χ0) is 31.1. The van der Waals surface area contributed by atoms with Crippen LogP contribution in [0.4, 0.5) is 22.0 Å². The molecule has 1 aliphatic carbocycles. The SMILES string of the molecule is CCOc1c(C(=O)NC(c2ccc(F)c(C)c2)C2CC2)cc(Cn2cc(F)ccc2=N)cc1-c1cn(C)nc1C(F)(F)F. The van der Waals surface area contributed by atoms with Gasteiger partial charge in [0.1, 0.15) is 22.9 Å². The van der Waals surface area contributed by atoms with Crippen molar-refractivity contribution in [3.63, 3.8) is 0 Å². The van der Waals surface area contributed by atoms with E-state index in [4.69, 9.17) is 10.1 Å². The maximum Gasteiger partial charge on any atom is 0.435 e. The highest BCUT2D eigenvalue weighted by molar-refractivity contribution is 6.00. The molecule has 1 unspecified atom stereocenters. The van der Waals surface area contributed by atoms with Crippen LogP contribution in [0.5, 0.6) is 5.75 Å². The van der Waals surface area contributed by atoms with E-state index in [1.807, 2.05) is 0 Å². The van der Waals surface area contributed by atoms with E-state index in [2.05, 4.69) is 10.4 Å². The smallest absolute Gasteiger partial charge is 0.435 e. The van der Waals surface area contributed by atoms with Gasteiger partial charge in [0.15, 0.2) is 5.69 Å². The van der Waals surface area contributed by atoms with Crippen LogP contribution in [0.1, 0.15) is 58.5 Å². The Labute approximate surface area is 244 Å². The molecule has 7 nitrogen and oxygen atoms in total. The van der Waals surface area contributed by atoms with Gasteiger partial charge in [-0.15, -0.1) is 0 Å². The number of aryl methyl sites for hydroxylation is 2. The fourth-order valence-electron chi connectivity index (χ4n) is 5.17. The molecule has 5 rings (SSSR count). The van der Waals surface area contributed by atoms with Gasteiger partial charge < -0.3 is 14.6 Å². The Balaban J connectivity index is 1.67. The van der Waals surface area contributed by atoms with E-state index in [-0.39, 0.29) is 52.8 Å². The lowest BCUT2D eigenvalue weighted by atomic mass is 9.96. The molecule has 2 heterocycles. The van der Waals surface area contributed by atoms with E-state index in [0.29, 0.717) is 16.7 Å². The van der Waals surface area contributed by atoms with Gasteiger partial charge in [-0.1, -0.05) is 12.1 Å². The highest BCUT2D eigenvalue weighted by Crippen LogP contribution is 2.44. The molecular formula is C31H30F5N5O2. The summed E-state index contributed by atoms with van der Waals surface area (Å²) in [4.78, 5) is 14.0. The van der Waals surface area contributed by atoms with Gasteiger partial charge in [-0.25, -0.2) is 8.78 Å². The van der Waals surface area contributed by atoms with Gasteiger partial charge in [-0.3, -0.25) is 14.9 Å². The van der Waals surface area contributed by atoms with Crippen LogP contribution >= 0.6 is 0 Å². The summed E-state index contributed by atoms with van der Waals surface area (Å²) in [7, 11) is 1.36. The first-order valence-electron chi connectivity index (χ1n) is 13.7. The number of pyridine rings is 1. The number of carbonyl (C=O) groups is 1. The summed E-state index contributed by atoms with van der Waals surface area (Å²) in [5.41, 5.74) is -0.0650. The van der Waals surface area contributed by atoms with E-state index in [1.54, 1.807) is 26.0 Å². The summed E-state index contributed by atoms with van der Waals surface area (Å²) in [6, 6.07) is 9.46. The van der Waals surface area contributed by atoms with Crippen LogP contribution < -0.4 is 15.5 Å². The number of nitrogens with one attached hydrogen (secondary N) is 2. The molecule has 0 radical (unpaired) electrons. The van der Waals surface area contributed by atoms with Crippen molar-refractivity contribution in [2.75, 3.05) is 6.61 Å². The molecule has 43 heavy (non-hydrogen) atoms. The van der Waals surface area contributed by atoms with Crippen LogP contribution in [-0.2, 0) is 19.8 Å². The quantitative estimate of drug-likeness (QED) is 0.222. The maximum absolute atomic E-state index is 14.1. The average molecular weight is 600 g/mol. The maximum atomic E-state index is 14.1.